The average molecular weight is 464 g/mol. The number of nitrogens with one attached hydrogen (secondary N) is 2. The maximum atomic E-state index is 13.0. The first-order valence-corrected chi connectivity index (χ1v) is 12.7. The van der Waals surface area contributed by atoms with E-state index in [1.165, 1.54) is 5.39 Å². The van der Waals surface area contributed by atoms with Crippen LogP contribution in [0, 0.1) is 5.92 Å². The number of amides is 1. The molecule has 1 aromatic heterocycles. The molecule has 33 heavy (non-hydrogen) atoms. The molecule has 0 saturated carbocycles. The Labute approximate surface area is 194 Å². The summed E-state index contributed by atoms with van der Waals surface area (Å²) in [5.41, 5.74) is 1.16. The van der Waals surface area contributed by atoms with E-state index in [0.29, 0.717) is 6.54 Å². The van der Waals surface area contributed by atoms with Gasteiger partial charge in [0, 0.05) is 24.8 Å². The van der Waals surface area contributed by atoms with Crippen molar-refractivity contribution >= 4 is 37.6 Å². The molecule has 0 bridgehead atoms. The van der Waals surface area contributed by atoms with Gasteiger partial charge in [-0.15, -0.1) is 0 Å². The molecule has 0 aliphatic heterocycles. The summed E-state index contributed by atoms with van der Waals surface area (Å²) in [7, 11) is -3.85. The largest absolute Gasteiger partial charge is 0.355 e. The van der Waals surface area contributed by atoms with Crippen LogP contribution in [-0.2, 0) is 21.4 Å². The number of aryl methyl sites for hydroxylation is 1. The maximum absolute atomic E-state index is 13.0. The number of hydrogen-bond acceptors (Lipinski definition) is 3. The van der Waals surface area contributed by atoms with E-state index < -0.39 is 16.1 Å². The minimum Gasteiger partial charge on any atom is -0.355 e. The Morgan fingerprint density at radius 3 is 2.36 bits per heavy atom. The van der Waals surface area contributed by atoms with Crippen molar-refractivity contribution < 1.29 is 13.2 Å². The zero-order valence-electron chi connectivity index (χ0n) is 18.9. The van der Waals surface area contributed by atoms with E-state index in [-0.39, 0.29) is 16.7 Å². The summed E-state index contributed by atoms with van der Waals surface area (Å²) in [5.74, 6) is -0.514. The van der Waals surface area contributed by atoms with Gasteiger partial charge in [-0.3, -0.25) is 4.79 Å². The highest BCUT2D eigenvalue weighted by Gasteiger charge is 2.28. The van der Waals surface area contributed by atoms with Gasteiger partial charge in [0.25, 0.3) is 0 Å². The van der Waals surface area contributed by atoms with Crippen molar-refractivity contribution in [1.82, 2.24) is 14.6 Å². The summed E-state index contributed by atoms with van der Waals surface area (Å²) >= 11 is 0. The lowest BCUT2D eigenvalue weighted by Crippen LogP contribution is -2.49. The van der Waals surface area contributed by atoms with Gasteiger partial charge in [-0.1, -0.05) is 62.4 Å². The van der Waals surface area contributed by atoms with Crippen LogP contribution in [0.1, 0.15) is 20.3 Å². The molecule has 0 saturated heterocycles. The highest BCUT2D eigenvalue weighted by molar-refractivity contribution is 7.89. The lowest BCUT2D eigenvalue weighted by atomic mass is 10.1. The van der Waals surface area contributed by atoms with E-state index in [4.69, 9.17) is 0 Å². The maximum Gasteiger partial charge on any atom is 0.241 e. The first-order valence-electron chi connectivity index (χ1n) is 11.2. The number of sulfonamides is 1. The number of para-hydroxylation sites is 1. The van der Waals surface area contributed by atoms with Crippen LogP contribution in [0.5, 0.6) is 0 Å². The Kier molecular flexibility index (Phi) is 6.81. The molecule has 0 spiro atoms. The molecule has 1 atom stereocenters. The van der Waals surface area contributed by atoms with Crippen molar-refractivity contribution in [2.24, 2.45) is 5.92 Å². The molecule has 0 radical (unpaired) electrons. The van der Waals surface area contributed by atoms with Gasteiger partial charge in [-0.25, -0.2) is 8.42 Å². The van der Waals surface area contributed by atoms with Gasteiger partial charge in [-0.2, -0.15) is 4.72 Å². The van der Waals surface area contributed by atoms with Crippen LogP contribution in [0.15, 0.2) is 83.9 Å². The average Bonchev–Trinajstić information content (AvgIpc) is 3.23. The van der Waals surface area contributed by atoms with Gasteiger partial charge in [0.15, 0.2) is 0 Å². The van der Waals surface area contributed by atoms with Gasteiger partial charge in [0.05, 0.1) is 4.90 Å². The van der Waals surface area contributed by atoms with Crippen LogP contribution >= 0.6 is 0 Å². The monoisotopic (exact) mass is 463 g/mol. The number of rotatable bonds is 9. The Morgan fingerprint density at radius 2 is 1.61 bits per heavy atom. The summed E-state index contributed by atoms with van der Waals surface area (Å²) < 4.78 is 30.8. The third kappa shape index (κ3) is 5.26. The lowest BCUT2D eigenvalue weighted by Gasteiger charge is -2.22. The third-order valence-electron chi connectivity index (χ3n) is 5.82. The first-order chi connectivity index (χ1) is 15.8. The zero-order valence-corrected chi connectivity index (χ0v) is 19.7. The number of fused-ring (bicyclic) bond motifs is 2. The summed E-state index contributed by atoms with van der Waals surface area (Å²) in [4.78, 5) is 13.0. The Hall–Kier alpha value is -3.16. The van der Waals surface area contributed by atoms with Crippen LogP contribution in [0.25, 0.3) is 21.7 Å². The van der Waals surface area contributed by atoms with Crippen molar-refractivity contribution in [3.8, 4) is 0 Å². The molecule has 0 fully saturated rings. The molecule has 4 aromatic rings. The molecule has 0 unspecified atom stereocenters. The van der Waals surface area contributed by atoms with Crippen LogP contribution < -0.4 is 10.0 Å². The molecule has 1 amide bonds. The van der Waals surface area contributed by atoms with Crippen LogP contribution in [0.3, 0.4) is 0 Å². The fourth-order valence-corrected chi connectivity index (χ4v) is 5.35. The number of nitrogens with zero attached hydrogens (tertiary/aromatic N) is 1. The van der Waals surface area contributed by atoms with Crippen LogP contribution in [-0.4, -0.2) is 31.5 Å². The second kappa shape index (κ2) is 9.77. The molecule has 2 N–H and O–H groups in total. The first kappa shape index (κ1) is 23.0. The number of benzene rings is 3. The van der Waals surface area contributed by atoms with Gasteiger partial charge < -0.3 is 9.88 Å². The standard InChI is InChI=1S/C26H29N3O3S/c1-19(2)25(28-33(31,32)23-13-12-20-8-3-4-10-22(20)18-23)26(30)27-15-7-16-29-17-14-21-9-5-6-11-24(21)29/h3-6,8-14,17-19,25,28H,7,15-16H2,1-2H3,(H,27,30)/t25-/m1/s1. The summed E-state index contributed by atoms with van der Waals surface area (Å²) in [6.45, 7) is 4.90. The Bertz CT molecular complexity index is 1380. The van der Waals surface area contributed by atoms with Gasteiger partial charge >= 0.3 is 0 Å². The van der Waals surface area contributed by atoms with E-state index in [1.807, 2.05) is 56.4 Å². The van der Waals surface area contributed by atoms with E-state index in [1.54, 1.807) is 18.2 Å². The summed E-state index contributed by atoms with van der Waals surface area (Å²) in [6.07, 6.45) is 2.79. The number of hydrogen-bond donors (Lipinski definition) is 2. The molecule has 7 heteroatoms. The molecule has 0 aliphatic rings. The fraction of sp³-hybridized carbons (Fsp3) is 0.269. The van der Waals surface area contributed by atoms with Crippen molar-refractivity contribution in [2.45, 2.75) is 37.8 Å². The molecule has 3 aromatic carbocycles. The van der Waals surface area contributed by atoms with E-state index in [2.05, 4.69) is 32.8 Å². The second-order valence-electron chi connectivity index (χ2n) is 8.56. The molecule has 1 heterocycles. The minimum absolute atomic E-state index is 0.152. The highest BCUT2D eigenvalue weighted by atomic mass is 32.2. The molecular weight excluding hydrogens is 434 g/mol. The van der Waals surface area contributed by atoms with Crippen molar-refractivity contribution in [3.05, 3.63) is 79.0 Å². The van der Waals surface area contributed by atoms with Crippen molar-refractivity contribution in [2.75, 3.05) is 6.54 Å². The summed E-state index contributed by atoms with van der Waals surface area (Å²) in [6, 6.07) is 21.9. The second-order valence-corrected chi connectivity index (χ2v) is 10.3. The Balaban J connectivity index is 1.38. The van der Waals surface area contributed by atoms with Gasteiger partial charge in [-0.05, 0) is 52.8 Å². The third-order valence-corrected chi connectivity index (χ3v) is 7.26. The normalized spacial score (nSPS) is 12.9. The number of carbonyl (C=O) groups excluding carboxylic acids is 1. The minimum atomic E-state index is -3.85. The molecule has 0 aliphatic carbocycles. The predicted octanol–water partition coefficient (Wildman–Crippen LogP) is 4.30. The Morgan fingerprint density at radius 1 is 0.909 bits per heavy atom. The topological polar surface area (TPSA) is 80.2 Å². The van der Waals surface area contributed by atoms with Crippen LogP contribution in [0.4, 0.5) is 0 Å². The highest BCUT2D eigenvalue weighted by Crippen LogP contribution is 2.20. The molecule has 6 nitrogen and oxygen atoms in total. The van der Waals surface area contributed by atoms with Crippen LogP contribution in [0.2, 0.25) is 0 Å². The quantitative estimate of drug-likeness (QED) is 0.363. The molecule has 4 rings (SSSR count). The SMILES string of the molecule is CC(C)[C@@H](NS(=O)(=O)c1ccc2ccccc2c1)C(=O)NCCCn1ccc2ccccc21. The molecular formula is C26H29N3O3S. The fourth-order valence-electron chi connectivity index (χ4n) is 3.97. The predicted molar refractivity (Wildman–Crippen MR) is 132 cm³/mol. The van der Waals surface area contributed by atoms with E-state index in [9.17, 15) is 13.2 Å². The van der Waals surface area contributed by atoms with E-state index in [0.717, 1.165) is 29.3 Å². The van der Waals surface area contributed by atoms with Gasteiger partial charge in [0.2, 0.25) is 15.9 Å². The van der Waals surface area contributed by atoms with Crippen molar-refractivity contribution in [1.29, 1.82) is 0 Å². The lowest BCUT2D eigenvalue weighted by molar-refractivity contribution is -0.123. The number of aromatic nitrogens is 1. The van der Waals surface area contributed by atoms with E-state index >= 15 is 0 Å². The number of carbonyl (C=O) groups is 1. The van der Waals surface area contributed by atoms with Gasteiger partial charge in [0.1, 0.15) is 6.04 Å². The molecule has 172 valence electrons. The smallest absolute Gasteiger partial charge is 0.241 e. The van der Waals surface area contributed by atoms with Crippen molar-refractivity contribution in [3.63, 3.8) is 0 Å². The summed E-state index contributed by atoms with van der Waals surface area (Å²) in [5, 5.41) is 5.88. The zero-order chi connectivity index (χ0) is 23.4.